The molecule has 0 aliphatic heterocycles. The maximum Gasteiger partial charge on any atom is 0.353 e. The number of nitrogens with zero attached hydrogens (tertiary/aromatic N) is 1. The quantitative estimate of drug-likeness (QED) is 0.264. The molecule has 0 bridgehead atoms. The van der Waals surface area contributed by atoms with Crippen molar-refractivity contribution in [2.45, 2.75) is 160 Å². The van der Waals surface area contributed by atoms with Gasteiger partial charge in [-0.3, -0.25) is 4.57 Å². The molecule has 187 valence electrons. The van der Waals surface area contributed by atoms with Crippen LogP contribution in [0.1, 0.15) is 137 Å². The standard InChI is InChI=1S/C26H49NO4P/c1-24(2,3)21-25(4,5)27(28)26(19-13-8-14-20-26)32(29,30-22-15-9-6-10-16-22)31-23-17-11-7-12-18-23/h22-23H,6-21H2,1-5H3. The SMILES string of the molecule is CC(C)(C)CC(C)(C)N([O])C1(P(=O)(OC2CCCCC2)OC2CCCCC2)CCCCC1. The van der Waals surface area contributed by atoms with Crippen LogP contribution in [0.25, 0.3) is 0 Å². The molecule has 0 atom stereocenters. The number of hydrogen-bond donors (Lipinski definition) is 0. The van der Waals surface area contributed by atoms with E-state index in [2.05, 4.69) is 20.8 Å². The number of hydroxylamine groups is 2. The van der Waals surface area contributed by atoms with E-state index in [1.807, 2.05) is 13.8 Å². The Kier molecular flexibility index (Phi) is 8.98. The second kappa shape index (κ2) is 10.8. The zero-order valence-electron chi connectivity index (χ0n) is 21.5. The molecule has 0 unspecified atom stereocenters. The van der Waals surface area contributed by atoms with Crippen molar-refractivity contribution in [3.8, 4) is 0 Å². The first-order valence-corrected chi connectivity index (χ1v) is 15.0. The third-order valence-corrected chi connectivity index (χ3v) is 10.5. The highest BCUT2D eigenvalue weighted by Gasteiger charge is 2.61. The molecule has 0 aromatic carbocycles. The van der Waals surface area contributed by atoms with E-state index in [1.54, 1.807) is 0 Å². The summed E-state index contributed by atoms with van der Waals surface area (Å²) in [4.78, 5) is 0. The summed E-state index contributed by atoms with van der Waals surface area (Å²) in [5.41, 5.74) is -0.641. The fourth-order valence-electron chi connectivity index (χ4n) is 6.59. The number of hydrogen-bond acceptors (Lipinski definition) is 4. The van der Waals surface area contributed by atoms with Crippen LogP contribution in [0.2, 0.25) is 0 Å². The van der Waals surface area contributed by atoms with Crippen LogP contribution in [0, 0.1) is 5.41 Å². The van der Waals surface area contributed by atoms with Crippen LogP contribution in [-0.4, -0.2) is 28.1 Å². The Hall–Kier alpha value is 0.0700. The first kappa shape index (κ1) is 26.7. The monoisotopic (exact) mass is 470 g/mol. The van der Waals surface area contributed by atoms with Gasteiger partial charge in [0.25, 0.3) is 0 Å². The number of rotatable bonds is 8. The van der Waals surface area contributed by atoms with E-state index >= 15 is 0 Å². The van der Waals surface area contributed by atoms with Gasteiger partial charge < -0.3 is 9.05 Å². The normalized spacial score (nSPS) is 24.7. The summed E-state index contributed by atoms with van der Waals surface area (Å²) in [6.45, 7) is 10.6. The molecule has 5 nitrogen and oxygen atoms in total. The average molecular weight is 471 g/mol. The van der Waals surface area contributed by atoms with E-state index in [9.17, 15) is 9.77 Å². The fourth-order valence-corrected chi connectivity index (χ4v) is 9.60. The van der Waals surface area contributed by atoms with Gasteiger partial charge in [0.1, 0.15) is 0 Å². The summed E-state index contributed by atoms with van der Waals surface area (Å²) in [6.07, 6.45) is 15.4. The lowest BCUT2D eigenvalue weighted by Gasteiger charge is -2.52. The summed E-state index contributed by atoms with van der Waals surface area (Å²) in [7, 11) is -3.67. The molecule has 0 aromatic rings. The third kappa shape index (κ3) is 6.39. The summed E-state index contributed by atoms with van der Waals surface area (Å²) < 4.78 is 28.1. The molecule has 0 amide bonds. The third-order valence-electron chi connectivity index (χ3n) is 7.73. The minimum Gasteiger partial charge on any atom is -0.304 e. The molecule has 6 heteroatoms. The van der Waals surface area contributed by atoms with Gasteiger partial charge in [-0.15, -0.1) is 10.3 Å². The summed E-state index contributed by atoms with van der Waals surface area (Å²) in [5, 5.41) is 14.5. The van der Waals surface area contributed by atoms with Gasteiger partial charge in [0, 0.05) is 5.54 Å². The van der Waals surface area contributed by atoms with Crippen LogP contribution in [0.4, 0.5) is 0 Å². The van der Waals surface area contributed by atoms with Crippen molar-refractivity contribution >= 4 is 7.60 Å². The highest BCUT2D eigenvalue weighted by atomic mass is 31.2. The highest BCUT2D eigenvalue weighted by Crippen LogP contribution is 2.69. The lowest BCUT2D eigenvalue weighted by Crippen LogP contribution is -2.58. The zero-order chi connectivity index (χ0) is 23.5. The van der Waals surface area contributed by atoms with Gasteiger partial charge in [-0.1, -0.05) is 78.6 Å². The molecule has 0 N–H and O–H groups in total. The molecule has 3 aliphatic carbocycles. The Bertz CT molecular complexity index is 602. The van der Waals surface area contributed by atoms with Crippen molar-refractivity contribution in [3.05, 3.63) is 0 Å². The van der Waals surface area contributed by atoms with Crippen LogP contribution in [0.5, 0.6) is 0 Å². The van der Waals surface area contributed by atoms with Gasteiger partial charge in [0.2, 0.25) is 0 Å². The topological polar surface area (TPSA) is 58.7 Å². The van der Waals surface area contributed by atoms with Gasteiger partial charge in [-0.05, 0) is 64.2 Å². The van der Waals surface area contributed by atoms with E-state index < -0.39 is 18.4 Å². The molecule has 3 rings (SSSR count). The Balaban J connectivity index is 1.97. The smallest absolute Gasteiger partial charge is 0.304 e. The second-order valence-corrected chi connectivity index (χ2v) is 14.9. The molecular weight excluding hydrogens is 421 g/mol. The van der Waals surface area contributed by atoms with Crippen LogP contribution < -0.4 is 0 Å². The van der Waals surface area contributed by atoms with Gasteiger partial charge >= 0.3 is 7.60 Å². The maximum absolute atomic E-state index is 15.0. The lowest BCUT2D eigenvalue weighted by atomic mass is 9.80. The van der Waals surface area contributed by atoms with Crippen LogP contribution in [0.15, 0.2) is 0 Å². The molecule has 32 heavy (non-hydrogen) atoms. The molecular formula is C26H49NO4P. The summed E-state index contributed by atoms with van der Waals surface area (Å²) in [6, 6.07) is 0. The Morgan fingerprint density at radius 2 is 1.16 bits per heavy atom. The van der Waals surface area contributed by atoms with E-state index in [0.717, 1.165) is 77.0 Å². The van der Waals surface area contributed by atoms with Gasteiger partial charge in [-0.25, -0.2) is 0 Å². The van der Waals surface area contributed by atoms with Crippen molar-refractivity contribution in [2.24, 2.45) is 5.41 Å². The van der Waals surface area contributed by atoms with Crippen molar-refractivity contribution in [2.75, 3.05) is 0 Å². The molecule has 0 spiro atoms. The van der Waals surface area contributed by atoms with Gasteiger partial charge in [-0.2, -0.15) is 0 Å². The molecule has 3 saturated carbocycles. The largest absolute Gasteiger partial charge is 0.353 e. The van der Waals surface area contributed by atoms with Crippen molar-refractivity contribution in [1.82, 2.24) is 5.06 Å². The van der Waals surface area contributed by atoms with Gasteiger partial charge in [0.15, 0.2) is 5.28 Å². The summed E-state index contributed by atoms with van der Waals surface area (Å²) >= 11 is 0. The predicted molar refractivity (Wildman–Crippen MR) is 130 cm³/mol. The first-order valence-electron chi connectivity index (χ1n) is 13.4. The molecule has 3 aliphatic rings. The van der Waals surface area contributed by atoms with Crippen molar-refractivity contribution in [3.63, 3.8) is 0 Å². The Morgan fingerprint density at radius 1 is 0.750 bits per heavy atom. The van der Waals surface area contributed by atoms with Crippen LogP contribution >= 0.6 is 7.60 Å². The van der Waals surface area contributed by atoms with E-state index in [4.69, 9.17) is 9.05 Å². The van der Waals surface area contributed by atoms with E-state index in [-0.39, 0.29) is 17.6 Å². The average Bonchev–Trinajstić information content (AvgIpc) is 2.73. The predicted octanol–water partition coefficient (Wildman–Crippen LogP) is 8.40. The van der Waals surface area contributed by atoms with Crippen molar-refractivity contribution < 1.29 is 18.8 Å². The Labute approximate surface area is 197 Å². The maximum atomic E-state index is 15.0. The molecule has 0 heterocycles. The van der Waals surface area contributed by atoms with Crippen LogP contribution in [-0.2, 0) is 18.8 Å². The molecule has 1 radical (unpaired) electrons. The molecule has 3 fully saturated rings. The summed E-state index contributed by atoms with van der Waals surface area (Å²) in [5.74, 6) is 0. The Morgan fingerprint density at radius 3 is 1.56 bits per heavy atom. The molecule has 0 saturated heterocycles. The highest BCUT2D eigenvalue weighted by molar-refractivity contribution is 7.55. The molecule has 0 aromatic heterocycles. The fraction of sp³-hybridized carbons (Fsp3) is 1.00. The minimum absolute atomic E-state index is 0.000456. The van der Waals surface area contributed by atoms with E-state index in [0.29, 0.717) is 12.8 Å². The first-order chi connectivity index (χ1) is 15.0. The lowest BCUT2D eigenvalue weighted by molar-refractivity contribution is -0.274. The van der Waals surface area contributed by atoms with Crippen molar-refractivity contribution in [1.29, 1.82) is 0 Å². The second-order valence-electron chi connectivity index (χ2n) is 12.6. The van der Waals surface area contributed by atoms with Gasteiger partial charge in [0.05, 0.1) is 12.2 Å². The minimum atomic E-state index is -3.67. The van der Waals surface area contributed by atoms with Crippen LogP contribution in [0.3, 0.4) is 0 Å². The van der Waals surface area contributed by atoms with E-state index in [1.165, 1.54) is 17.9 Å². The zero-order valence-corrected chi connectivity index (χ0v) is 22.4.